The maximum absolute atomic E-state index is 14.5. The molecule has 13 heteroatoms. The first-order valence-electron chi connectivity index (χ1n) is 13.5. The van der Waals surface area contributed by atoms with Gasteiger partial charge in [-0.05, 0) is 43.5 Å². The molecule has 1 fully saturated rings. The third kappa shape index (κ3) is 4.78. The van der Waals surface area contributed by atoms with Gasteiger partial charge in [0.15, 0.2) is 10.7 Å². The van der Waals surface area contributed by atoms with Crippen LogP contribution in [0.25, 0.3) is 33.3 Å². The van der Waals surface area contributed by atoms with Crippen LogP contribution in [-0.2, 0) is 17.1 Å². The van der Waals surface area contributed by atoms with E-state index in [0.717, 1.165) is 10.0 Å². The van der Waals surface area contributed by atoms with Crippen LogP contribution in [0.15, 0.2) is 60.0 Å². The van der Waals surface area contributed by atoms with Crippen LogP contribution in [0.3, 0.4) is 0 Å². The van der Waals surface area contributed by atoms with Gasteiger partial charge in [-0.2, -0.15) is 13.7 Å². The molecule has 0 amide bonds. The number of imidazole rings is 1. The van der Waals surface area contributed by atoms with E-state index in [9.17, 15) is 27.6 Å². The molecule has 4 heterocycles. The van der Waals surface area contributed by atoms with Crippen molar-refractivity contribution in [2.45, 2.75) is 30.8 Å². The van der Waals surface area contributed by atoms with Crippen LogP contribution in [0.1, 0.15) is 24.2 Å². The monoisotopic (exact) mass is 603 g/mol. The lowest BCUT2D eigenvalue weighted by Gasteiger charge is -2.34. The van der Waals surface area contributed by atoms with E-state index in [1.54, 1.807) is 30.7 Å². The second-order valence-corrected chi connectivity index (χ2v) is 12.4. The Kier molecular flexibility index (Phi) is 6.90. The number of benzene rings is 2. The SMILES string of the molecule is Cc1nc(S(=O)(=O)n2cc(-c3cccc(C#N)c3O)c3c(N4CCC(N)CC4)c(-c4cc(F)cc(F)c4)cnc32)cn1C. The number of nitrogens with zero attached hydrogens (tertiary/aromatic N) is 6. The summed E-state index contributed by atoms with van der Waals surface area (Å²) in [5.74, 6) is -1.44. The fourth-order valence-corrected chi connectivity index (χ4v) is 6.86. The smallest absolute Gasteiger partial charge is 0.288 e. The Labute approximate surface area is 246 Å². The zero-order chi connectivity index (χ0) is 30.6. The van der Waals surface area contributed by atoms with E-state index in [-0.39, 0.29) is 44.7 Å². The molecule has 5 aromatic rings. The minimum absolute atomic E-state index is 0.0107. The highest BCUT2D eigenvalue weighted by atomic mass is 32.2. The zero-order valence-corrected chi connectivity index (χ0v) is 24.1. The number of halogens is 2. The third-order valence-corrected chi connectivity index (χ3v) is 9.36. The molecule has 0 atom stereocenters. The summed E-state index contributed by atoms with van der Waals surface area (Å²) in [7, 11) is -2.64. The molecule has 1 aliphatic rings. The number of hydrogen-bond acceptors (Lipinski definition) is 8. The highest BCUT2D eigenvalue weighted by Gasteiger charge is 2.31. The van der Waals surface area contributed by atoms with E-state index in [1.807, 2.05) is 11.0 Å². The largest absolute Gasteiger partial charge is 0.506 e. The fraction of sp³-hybridized carbons (Fsp3) is 0.233. The Morgan fingerprint density at radius 2 is 1.77 bits per heavy atom. The second-order valence-electron chi connectivity index (χ2n) is 10.6. The van der Waals surface area contributed by atoms with Gasteiger partial charge in [0.1, 0.15) is 29.3 Å². The fourth-order valence-electron chi connectivity index (χ4n) is 5.51. The van der Waals surface area contributed by atoms with Crippen LogP contribution in [0.5, 0.6) is 5.75 Å². The number of pyridine rings is 1. The summed E-state index contributed by atoms with van der Waals surface area (Å²) in [5.41, 5.74) is 7.70. The molecular formula is C30H27F2N7O3S. The van der Waals surface area contributed by atoms with Crippen molar-refractivity contribution in [1.29, 1.82) is 5.26 Å². The summed E-state index contributed by atoms with van der Waals surface area (Å²) >= 11 is 0. The van der Waals surface area contributed by atoms with Gasteiger partial charge in [-0.25, -0.2) is 22.7 Å². The predicted octanol–water partition coefficient (Wildman–Crippen LogP) is 4.43. The van der Waals surface area contributed by atoms with Crippen LogP contribution in [0.2, 0.25) is 0 Å². The Balaban J connectivity index is 1.75. The number of nitriles is 1. The number of piperidine rings is 1. The van der Waals surface area contributed by atoms with Crippen molar-refractivity contribution in [3.8, 4) is 34.1 Å². The van der Waals surface area contributed by atoms with Crippen LogP contribution < -0.4 is 10.6 Å². The van der Waals surface area contributed by atoms with Gasteiger partial charge < -0.3 is 20.3 Å². The van der Waals surface area contributed by atoms with Crippen molar-refractivity contribution in [3.63, 3.8) is 0 Å². The molecule has 220 valence electrons. The van der Waals surface area contributed by atoms with Crippen molar-refractivity contribution in [1.82, 2.24) is 18.5 Å². The molecule has 1 saturated heterocycles. The first kappa shape index (κ1) is 28.3. The van der Waals surface area contributed by atoms with Gasteiger partial charge in [-0.1, -0.05) is 12.1 Å². The van der Waals surface area contributed by atoms with Crippen LogP contribution in [0.4, 0.5) is 14.5 Å². The highest BCUT2D eigenvalue weighted by molar-refractivity contribution is 7.90. The lowest BCUT2D eigenvalue weighted by atomic mass is 9.95. The molecule has 0 radical (unpaired) electrons. The number of rotatable bonds is 5. The molecule has 0 bridgehead atoms. The van der Waals surface area contributed by atoms with Crippen molar-refractivity contribution < 1.29 is 22.3 Å². The number of nitrogens with two attached hydrogens (primary N) is 1. The molecule has 3 N–H and O–H groups in total. The van der Waals surface area contributed by atoms with E-state index < -0.39 is 21.7 Å². The zero-order valence-electron chi connectivity index (χ0n) is 23.3. The summed E-state index contributed by atoms with van der Waals surface area (Å²) in [6, 6.07) is 9.62. The molecule has 10 nitrogen and oxygen atoms in total. The Bertz CT molecular complexity index is 2020. The molecular weight excluding hydrogens is 576 g/mol. The first-order chi connectivity index (χ1) is 20.5. The summed E-state index contributed by atoms with van der Waals surface area (Å²) in [4.78, 5) is 10.7. The Hall–Kier alpha value is -4.80. The van der Waals surface area contributed by atoms with Gasteiger partial charge in [0, 0.05) is 67.5 Å². The Morgan fingerprint density at radius 3 is 2.40 bits per heavy atom. The number of aromatic nitrogens is 4. The lowest BCUT2D eigenvalue weighted by molar-refractivity contribution is 0.475. The molecule has 3 aromatic heterocycles. The molecule has 0 spiro atoms. The first-order valence-corrected chi connectivity index (χ1v) is 14.9. The third-order valence-electron chi connectivity index (χ3n) is 7.84. The average Bonchev–Trinajstić information content (AvgIpc) is 3.53. The molecule has 0 saturated carbocycles. The van der Waals surface area contributed by atoms with Gasteiger partial charge in [0.25, 0.3) is 10.0 Å². The van der Waals surface area contributed by atoms with Crippen LogP contribution in [0, 0.1) is 29.9 Å². The Morgan fingerprint density at radius 1 is 1.07 bits per heavy atom. The summed E-state index contributed by atoms with van der Waals surface area (Å²) < 4.78 is 59.6. The number of aryl methyl sites for hydroxylation is 2. The highest BCUT2D eigenvalue weighted by Crippen LogP contribution is 2.46. The molecule has 43 heavy (non-hydrogen) atoms. The molecule has 0 aliphatic carbocycles. The number of phenolic OH excluding ortho intramolecular Hbond substituents is 1. The maximum atomic E-state index is 14.5. The average molecular weight is 604 g/mol. The van der Waals surface area contributed by atoms with Crippen LogP contribution >= 0.6 is 0 Å². The van der Waals surface area contributed by atoms with Crippen molar-refractivity contribution in [2.75, 3.05) is 18.0 Å². The van der Waals surface area contributed by atoms with Gasteiger partial charge in [0.05, 0.1) is 16.6 Å². The van der Waals surface area contributed by atoms with Gasteiger partial charge >= 0.3 is 0 Å². The summed E-state index contributed by atoms with van der Waals surface area (Å²) in [5, 5.41) is 20.8. The van der Waals surface area contributed by atoms with E-state index in [1.165, 1.54) is 36.8 Å². The minimum atomic E-state index is -4.31. The normalized spacial score (nSPS) is 14.4. The van der Waals surface area contributed by atoms with E-state index in [2.05, 4.69) is 9.97 Å². The standard InChI is InChI=1S/C30H27F2N7O3S/c1-17-36-26(16-37(17)2)43(41,42)39-15-25(23-5-3-4-18(13-33)29(23)40)27-28(38-8-6-22(34)7-9-38)24(14-35-30(27)39)19-10-20(31)12-21(32)11-19/h3-5,10-12,14-16,22,40H,6-9,34H2,1-2H3. The molecule has 2 aromatic carbocycles. The molecule has 6 rings (SSSR count). The van der Waals surface area contributed by atoms with Gasteiger partial charge in [-0.15, -0.1) is 0 Å². The topological polar surface area (TPSA) is 143 Å². The van der Waals surface area contributed by atoms with Gasteiger partial charge in [0.2, 0.25) is 0 Å². The number of anilines is 1. The summed E-state index contributed by atoms with van der Waals surface area (Å²) in [6.45, 7) is 2.63. The maximum Gasteiger partial charge on any atom is 0.288 e. The minimum Gasteiger partial charge on any atom is -0.506 e. The van der Waals surface area contributed by atoms with Crippen molar-refractivity contribution in [3.05, 3.63) is 78.0 Å². The number of phenols is 1. The number of para-hydroxylation sites is 1. The number of fused-ring (bicyclic) bond motifs is 1. The lowest BCUT2D eigenvalue weighted by Crippen LogP contribution is -2.40. The van der Waals surface area contributed by atoms with Gasteiger partial charge in [-0.3, -0.25) is 0 Å². The number of aromatic hydroxyl groups is 1. The summed E-state index contributed by atoms with van der Waals surface area (Å²) in [6.07, 6.45) is 5.36. The molecule has 1 aliphatic heterocycles. The second kappa shape index (κ2) is 10.5. The molecule has 0 unspecified atom stereocenters. The van der Waals surface area contributed by atoms with E-state index in [0.29, 0.717) is 48.4 Å². The van der Waals surface area contributed by atoms with Crippen molar-refractivity contribution in [2.24, 2.45) is 12.8 Å². The van der Waals surface area contributed by atoms with Crippen LogP contribution in [-0.4, -0.2) is 51.2 Å². The van der Waals surface area contributed by atoms with E-state index >= 15 is 0 Å². The number of hydrogen-bond donors (Lipinski definition) is 2. The predicted molar refractivity (Wildman–Crippen MR) is 157 cm³/mol. The van der Waals surface area contributed by atoms with E-state index in [4.69, 9.17) is 5.73 Å². The quantitative estimate of drug-likeness (QED) is 0.300. The van der Waals surface area contributed by atoms with Crippen molar-refractivity contribution >= 4 is 26.7 Å².